The van der Waals surface area contributed by atoms with Crippen molar-refractivity contribution in [3.05, 3.63) is 70.3 Å². The number of hydrogen-bond donors (Lipinski definition) is 2. The zero-order chi connectivity index (χ0) is 13.9. The molecule has 1 heterocycles. The molecule has 0 saturated carbocycles. The summed E-state index contributed by atoms with van der Waals surface area (Å²) in [5.74, 6) is 0.511. The average Bonchev–Trinajstić information content (AvgIpc) is 2.46. The van der Waals surface area contributed by atoms with E-state index in [-0.39, 0.29) is 5.56 Å². The van der Waals surface area contributed by atoms with Crippen LogP contribution in [0, 0.1) is 0 Å². The molecule has 0 aliphatic heterocycles. The number of hydrogen-bond acceptors (Lipinski definition) is 3. The Bertz CT molecular complexity index is 849. The van der Waals surface area contributed by atoms with Crippen molar-refractivity contribution in [2.45, 2.75) is 0 Å². The van der Waals surface area contributed by atoms with Crippen molar-refractivity contribution in [2.24, 2.45) is 0 Å². The molecule has 2 aromatic carbocycles. The van der Waals surface area contributed by atoms with Crippen molar-refractivity contribution in [1.29, 1.82) is 0 Å². The monoisotopic (exact) mass is 263 g/mol. The second kappa shape index (κ2) is 5.01. The first-order valence-electron chi connectivity index (χ1n) is 6.26. The molecular formula is C16H13N3O. The van der Waals surface area contributed by atoms with Gasteiger partial charge < -0.3 is 10.7 Å². The summed E-state index contributed by atoms with van der Waals surface area (Å²) in [6, 6.07) is 14.8. The fourth-order valence-corrected chi connectivity index (χ4v) is 2.01. The minimum Gasteiger partial charge on any atom is -0.398 e. The summed E-state index contributed by atoms with van der Waals surface area (Å²) in [6.45, 7) is 0. The van der Waals surface area contributed by atoms with Crippen LogP contribution in [-0.2, 0) is 0 Å². The number of anilines is 1. The van der Waals surface area contributed by atoms with Crippen LogP contribution >= 0.6 is 0 Å². The van der Waals surface area contributed by atoms with Gasteiger partial charge in [-0.3, -0.25) is 4.79 Å². The third-order valence-electron chi connectivity index (χ3n) is 3.05. The number of nitrogens with one attached hydrogen (secondary N) is 1. The Morgan fingerprint density at radius 3 is 2.60 bits per heavy atom. The van der Waals surface area contributed by atoms with E-state index in [4.69, 9.17) is 5.73 Å². The second-order valence-electron chi connectivity index (χ2n) is 4.43. The molecular weight excluding hydrogens is 250 g/mol. The molecule has 0 atom stereocenters. The third kappa shape index (κ3) is 2.31. The van der Waals surface area contributed by atoms with E-state index < -0.39 is 0 Å². The first kappa shape index (κ1) is 12.2. The molecule has 4 heteroatoms. The minimum absolute atomic E-state index is 0.142. The van der Waals surface area contributed by atoms with Crippen LogP contribution in [-0.4, -0.2) is 9.97 Å². The molecule has 0 unspecified atom stereocenters. The number of nitrogen functional groups attached to an aromatic ring is 1. The Hall–Kier alpha value is -2.88. The van der Waals surface area contributed by atoms with Gasteiger partial charge in [0.15, 0.2) is 0 Å². The van der Waals surface area contributed by atoms with Crippen molar-refractivity contribution in [2.75, 3.05) is 5.73 Å². The molecule has 0 aliphatic carbocycles. The molecule has 3 rings (SSSR count). The van der Waals surface area contributed by atoms with Crippen molar-refractivity contribution in [1.82, 2.24) is 9.97 Å². The van der Waals surface area contributed by atoms with Crippen molar-refractivity contribution < 1.29 is 0 Å². The number of aromatic nitrogens is 2. The normalized spacial score (nSPS) is 11.2. The van der Waals surface area contributed by atoms with E-state index in [0.29, 0.717) is 22.4 Å². The zero-order valence-electron chi connectivity index (χ0n) is 10.7. The smallest absolute Gasteiger partial charge is 0.259 e. The number of rotatable bonds is 2. The van der Waals surface area contributed by atoms with Crippen LogP contribution in [0.1, 0.15) is 11.4 Å². The first-order chi connectivity index (χ1) is 9.74. The lowest BCUT2D eigenvalue weighted by Gasteiger charge is -2.00. The van der Waals surface area contributed by atoms with Gasteiger partial charge >= 0.3 is 0 Å². The Morgan fingerprint density at radius 2 is 1.75 bits per heavy atom. The maximum atomic E-state index is 11.9. The van der Waals surface area contributed by atoms with Gasteiger partial charge in [-0.2, -0.15) is 0 Å². The highest BCUT2D eigenvalue weighted by molar-refractivity contribution is 5.79. The predicted octanol–water partition coefficient (Wildman–Crippen LogP) is 2.68. The van der Waals surface area contributed by atoms with E-state index in [1.165, 1.54) is 0 Å². The van der Waals surface area contributed by atoms with Crippen LogP contribution < -0.4 is 11.3 Å². The van der Waals surface area contributed by atoms with Gasteiger partial charge in [-0.25, -0.2) is 4.98 Å². The van der Waals surface area contributed by atoms with E-state index in [1.54, 1.807) is 12.1 Å². The van der Waals surface area contributed by atoms with E-state index in [9.17, 15) is 4.79 Å². The van der Waals surface area contributed by atoms with Gasteiger partial charge in [0, 0.05) is 5.69 Å². The maximum Gasteiger partial charge on any atom is 0.259 e. The quantitative estimate of drug-likeness (QED) is 0.698. The molecule has 0 saturated heterocycles. The van der Waals surface area contributed by atoms with Gasteiger partial charge in [-0.15, -0.1) is 0 Å². The number of para-hydroxylation sites is 2. The molecule has 3 N–H and O–H groups in total. The summed E-state index contributed by atoms with van der Waals surface area (Å²) in [7, 11) is 0. The predicted molar refractivity (Wildman–Crippen MR) is 82.1 cm³/mol. The van der Waals surface area contributed by atoms with Crippen molar-refractivity contribution in [3.63, 3.8) is 0 Å². The maximum absolute atomic E-state index is 11.9. The molecule has 1 aromatic heterocycles. The summed E-state index contributed by atoms with van der Waals surface area (Å²) in [6.07, 6.45) is 3.59. The summed E-state index contributed by atoms with van der Waals surface area (Å²) in [5.41, 5.74) is 7.98. The summed E-state index contributed by atoms with van der Waals surface area (Å²) >= 11 is 0. The second-order valence-corrected chi connectivity index (χ2v) is 4.43. The molecule has 98 valence electrons. The van der Waals surface area contributed by atoms with Gasteiger partial charge in [0.05, 0.1) is 10.9 Å². The standard InChI is InChI=1S/C16H13N3O/c17-13-7-3-1-5-11(13)9-10-15-18-14-8-4-2-6-12(14)16(20)19-15/h1-10H,17H2,(H,18,19,20). The lowest BCUT2D eigenvalue weighted by atomic mass is 10.1. The Morgan fingerprint density at radius 1 is 1.00 bits per heavy atom. The Balaban J connectivity index is 2.04. The average molecular weight is 263 g/mol. The van der Waals surface area contributed by atoms with Gasteiger partial charge in [0.25, 0.3) is 5.56 Å². The van der Waals surface area contributed by atoms with Crippen LogP contribution in [0.25, 0.3) is 23.1 Å². The number of nitrogens with two attached hydrogens (primary N) is 1. The van der Waals surface area contributed by atoms with E-state index in [0.717, 1.165) is 5.56 Å². The van der Waals surface area contributed by atoms with E-state index >= 15 is 0 Å². The van der Waals surface area contributed by atoms with Gasteiger partial charge in [0.2, 0.25) is 0 Å². The highest BCUT2D eigenvalue weighted by Crippen LogP contribution is 2.14. The molecule has 3 aromatic rings. The molecule has 4 nitrogen and oxygen atoms in total. The van der Waals surface area contributed by atoms with Gasteiger partial charge in [0.1, 0.15) is 5.82 Å². The van der Waals surface area contributed by atoms with Crippen LogP contribution in [0.4, 0.5) is 5.69 Å². The number of nitrogens with zero attached hydrogens (tertiary/aromatic N) is 1. The fourth-order valence-electron chi connectivity index (χ4n) is 2.01. The molecule has 0 aliphatic rings. The summed E-state index contributed by atoms with van der Waals surface area (Å²) in [4.78, 5) is 19.1. The lowest BCUT2D eigenvalue weighted by molar-refractivity contribution is 1.14. The topological polar surface area (TPSA) is 71.8 Å². The highest BCUT2D eigenvalue weighted by Gasteiger charge is 2.00. The van der Waals surface area contributed by atoms with Crippen LogP contribution in [0.2, 0.25) is 0 Å². The largest absolute Gasteiger partial charge is 0.398 e. The van der Waals surface area contributed by atoms with Crippen LogP contribution in [0.15, 0.2) is 53.3 Å². The van der Waals surface area contributed by atoms with Crippen LogP contribution in [0.5, 0.6) is 0 Å². The van der Waals surface area contributed by atoms with Crippen molar-refractivity contribution >= 4 is 28.7 Å². The number of benzene rings is 2. The number of fused-ring (bicyclic) bond motifs is 1. The first-order valence-corrected chi connectivity index (χ1v) is 6.26. The van der Waals surface area contributed by atoms with E-state index in [2.05, 4.69) is 9.97 Å². The van der Waals surface area contributed by atoms with E-state index in [1.807, 2.05) is 48.5 Å². The lowest BCUT2D eigenvalue weighted by Crippen LogP contribution is -2.09. The molecule has 0 amide bonds. The zero-order valence-corrected chi connectivity index (χ0v) is 10.7. The number of H-pyrrole nitrogens is 1. The highest BCUT2D eigenvalue weighted by atomic mass is 16.1. The number of aromatic amines is 1. The Kier molecular flexibility index (Phi) is 3.05. The van der Waals surface area contributed by atoms with Crippen molar-refractivity contribution in [3.8, 4) is 0 Å². The van der Waals surface area contributed by atoms with Gasteiger partial charge in [-0.1, -0.05) is 30.3 Å². The summed E-state index contributed by atoms with van der Waals surface area (Å²) in [5, 5.41) is 0.587. The molecule has 0 radical (unpaired) electrons. The molecule has 20 heavy (non-hydrogen) atoms. The molecule has 0 bridgehead atoms. The third-order valence-corrected chi connectivity index (χ3v) is 3.05. The summed E-state index contributed by atoms with van der Waals surface area (Å²) < 4.78 is 0. The fraction of sp³-hybridized carbons (Fsp3) is 0. The Labute approximate surface area is 115 Å². The van der Waals surface area contributed by atoms with Gasteiger partial charge in [-0.05, 0) is 35.9 Å². The molecule has 0 spiro atoms. The molecule has 0 fully saturated rings. The van der Waals surface area contributed by atoms with Crippen LogP contribution in [0.3, 0.4) is 0 Å². The minimum atomic E-state index is -0.142. The SMILES string of the molecule is Nc1ccccc1C=Cc1nc2ccccc2c(=O)[nH]1.